The highest BCUT2D eigenvalue weighted by Gasteiger charge is 2.15. The number of carbonyl (C=O) groups is 1. The van der Waals surface area contributed by atoms with Crippen molar-refractivity contribution in [2.24, 2.45) is 0 Å². The molecule has 0 bridgehead atoms. The molecule has 1 aliphatic heterocycles. The third-order valence-corrected chi connectivity index (χ3v) is 3.64. The van der Waals surface area contributed by atoms with Gasteiger partial charge in [0.15, 0.2) is 0 Å². The number of anilines is 2. The van der Waals surface area contributed by atoms with Gasteiger partial charge in [-0.15, -0.1) is 0 Å². The number of amides is 1. The van der Waals surface area contributed by atoms with E-state index < -0.39 is 0 Å². The highest BCUT2D eigenvalue weighted by molar-refractivity contribution is 6.05. The van der Waals surface area contributed by atoms with Gasteiger partial charge >= 0.3 is 0 Å². The van der Waals surface area contributed by atoms with Gasteiger partial charge in [-0.2, -0.15) is 0 Å². The quantitative estimate of drug-likeness (QED) is 0.904. The first-order valence-corrected chi connectivity index (χ1v) is 7.96. The summed E-state index contributed by atoms with van der Waals surface area (Å²) in [5, 5.41) is 2.82. The van der Waals surface area contributed by atoms with E-state index >= 15 is 0 Å². The SMILES string of the molecule is CCOc1ncccc1C(=O)Nc1ccc(N2CCOCC2)nc1. The fourth-order valence-corrected chi connectivity index (χ4v) is 2.45. The fraction of sp³-hybridized carbons (Fsp3) is 0.353. The van der Waals surface area contributed by atoms with Crippen LogP contribution < -0.4 is 15.0 Å². The van der Waals surface area contributed by atoms with E-state index in [4.69, 9.17) is 9.47 Å². The molecule has 1 N–H and O–H groups in total. The predicted molar refractivity (Wildman–Crippen MR) is 90.6 cm³/mol. The van der Waals surface area contributed by atoms with Crippen molar-refractivity contribution in [3.05, 3.63) is 42.2 Å². The Hall–Kier alpha value is -2.67. The van der Waals surface area contributed by atoms with Gasteiger partial charge in [-0.05, 0) is 31.2 Å². The number of hydrogen-bond donors (Lipinski definition) is 1. The van der Waals surface area contributed by atoms with Crippen molar-refractivity contribution in [3.63, 3.8) is 0 Å². The van der Waals surface area contributed by atoms with Gasteiger partial charge in [0.1, 0.15) is 11.4 Å². The molecule has 2 aromatic rings. The maximum absolute atomic E-state index is 12.4. The van der Waals surface area contributed by atoms with Crippen LogP contribution in [0.2, 0.25) is 0 Å². The smallest absolute Gasteiger partial charge is 0.261 e. The molecule has 1 fully saturated rings. The van der Waals surface area contributed by atoms with E-state index in [1.54, 1.807) is 24.5 Å². The second kappa shape index (κ2) is 7.74. The van der Waals surface area contributed by atoms with Crippen LogP contribution in [0.1, 0.15) is 17.3 Å². The maximum atomic E-state index is 12.4. The minimum Gasteiger partial charge on any atom is -0.477 e. The number of rotatable bonds is 5. The molecule has 3 rings (SSSR count). The number of pyridine rings is 2. The number of carbonyl (C=O) groups excluding carboxylic acids is 1. The highest BCUT2D eigenvalue weighted by Crippen LogP contribution is 2.19. The fourth-order valence-electron chi connectivity index (χ4n) is 2.45. The third-order valence-electron chi connectivity index (χ3n) is 3.64. The molecular weight excluding hydrogens is 308 g/mol. The van der Waals surface area contributed by atoms with Crippen LogP contribution in [0, 0.1) is 0 Å². The average molecular weight is 328 g/mol. The lowest BCUT2D eigenvalue weighted by Gasteiger charge is -2.27. The van der Waals surface area contributed by atoms with Crippen LogP contribution >= 0.6 is 0 Å². The zero-order valence-electron chi connectivity index (χ0n) is 13.6. The predicted octanol–water partition coefficient (Wildman–Crippen LogP) is 1.96. The molecule has 0 atom stereocenters. The number of hydrogen-bond acceptors (Lipinski definition) is 6. The van der Waals surface area contributed by atoms with Crippen LogP contribution in [0.3, 0.4) is 0 Å². The molecule has 0 aromatic carbocycles. The molecule has 2 aromatic heterocycles. The van der Waals surface area contributed by atoms with Crippen molar-refractivity contribution in [3.8, 4) is 5.88 Å². The average Bonchev–Trinajstić information content (AvgIpc) is 2.64. The molecule has 0 aliphatic carbocycles. The molecular formula is C17H20N4O3. The molecule has 3 heterocycles. The summed E-state index contributed by atoms with van der Waals surface area (Å²) in [7, 11) is 0. The molecule has 7 nitrogen and oxygen atoms in total. The summed E-state index contributed by atoms with van der Waals surface area (Å²) in [5.74, 6) is 0.940. The number of morpholine rings is 1. The summed E-state index contributed by atoms with van der Waals surface area (Å²) < 4.78 is 10.7. The van der Waals surface area contributed by atoms with E-state index in [2.05, 4.69) is 20.2 Å². The van der Waals surface area contributed by atoms with Gasteiger partial charge in [0.05, 0.1) is 31.7 Å². The van der Waals surface area contributed by atoms with Crippen molar-refractivity contribution < 1.29 is 14.3 Å². The van der Waals surface area contributed by atoms with Crippen molar-refractivity contribution in [2.45, 2.75) is 6.92 Å². The molecule has 0 spiro atoms. The summed E-state index contributed by atoms with van der Waals surface area (Å²) in [6.45, 7) is 5.37. The second-order valence-electron chi connectivity index (χ2n) is 5.25. The van der Waals surface area contributed by atoms with E-state index in [-0.39, 0.29) is 5.91 Å². The van der Waals surface area contributed by atoms with Crippen LogP contribution in [-0.2, 0) is 4.74 Å². The molecule has 7 heteroatoms. The van der Waals surface area contributed by atoms with Gasteiger partial charge < -0.3 is 19.7 Å². The van der Waals surface area contributed by atoms with Gasteiger partial charge in [0.2, 0.25) is 5.88 Å². The molecule has 0 radical (unpaired) electrons. The van der Waals surface area contributed by atoms with Crippen LogP contribution in [0.15, 0.2) is 36.7 Å². The van der Waals surface area contributed by atoms with E-state index in [0.717, 1.165) is 18.9 Å². The van der Waals surface area contributed by atoms with E-state index in [1.165, 1.54) is 0 Å². The number of ether oxygens (including phenoxy) is 2. The second-order valence-corrected chi connectivity index (χ2v) is 5.25. The number of nitrogens with zero attached hydrogens (tertiary/aromatic N) is 3. The Morgan fingerprint density at radius 2 is 2.12 bits per heavy atom. The molecule has 0 unspecified atom stereocenters. The van der Waals surface area contributed by atoms with Crippen molar-refractivity contribution in [2.75, 3.05) is 43.1 Å². The first kappa shape index (κ1) is 16.2. The Balaban J connectivity index is 1.68. The summed E-state index contributed by atoms with van der Waals surface area (Å²) in [5.41, 5.74) is 1.03. The van der Waals surface area contributed by atoms with Gasteiger partial charge in [-0.3, -0.25) is 4.79 Å². The Labute approximate surface area is 140 Å². The molecule has 1 saturated heterocycles. The van der Waals surface area contributed by atoms with Gasteiger partial charge in [0, 0.05) is 19.3 Å². The van der Waals surface area contributed by atoms with Gasteiger partial charge in [-0.25, -0.2) is 9.97 Å². The van der Waals surface area contributed by atoms with E-state index in [1.807, 2.05) is 19.1 Å². The van der Waals surface area contributed by atoms with E-state index in [0.29, 0.717) is 37.0 Å². The summed E-state index contributed by atoms with van der Waals surface area (Å²) in [4.78, 5) is 23.1. The zero-order valence-corrected chi connectivity index (χ0v) is 13.6. The molecule has 1 amide bonds. The molecule has 126 valence electrons. The first-order valence-electron chi connectivity index (χ1n) is 7.96. The lowest BCUT2D eigenvalue weighted by atomic mass is 10.2. The Morgan fingerprint density at radius 1 is 1.29 bits per heavy atom. The van der Waals surface area contributed by atoms with E-state index in [9.17, 15) is 4.79 Å². The Bertz CT molecular complexity index is 684. The minimum absolute atomic E-state index is 0.271. The highest BCUT2D eigenvalue weighted by atomic mass is 16.5. The number of nitrogens with one attached hydrogen (secondary N) is 1. The molecule has 24 heavy (non-hydrogen) atoms. The van der Waals surface area contributed by atoms with Crippen molar-refractivity contribution >= 4 is 17.4 Å². The Kier molecular flexibility index (Phi) is 5.22. The summed E-state index contributed by atoms with van der Waals surface area (Å²) >= 11 is 0. The topological polar surface area (TPSA) is 76.6 Å². The largest absolute Gasteiger partial charge is 0.477 e. The lowest BCUT2D eigenvalue weighted by molar-refractivity contribution is 0.102. The Morgan fingerprint density at radius 3 is 2.83 bits per heavy atom. The first-order chi connectivity index (χ1) is 11.8. The standard InChI is InChI=1S/C17H20N4O3/c1-2-24-17-14(4-3-7-18-17)16(22)20-13-5-6-15(19-12-13)21-8-10-23-11-9-21/h3-7,12H,2,8-11H2,1H3,(H,20,22). The van der Waals surface area contributed by atoms with Crippen LogP contribution in [0.5, 0.6) is 5.88 Å². The van der Waals surface area contributed by atoms with Crippen molar-refractivity contribution in [1.29, 1.82) is 0 Å². The van der Waals surface area contributed by atoms with Crippen LogP contribution in [0.25, 0.3) is 0 Å². The van der Waals surface area contributed by atoms with Crippen LogP contribution in [0.4, 0.5) is 11.5 Å². The zero-order chi connectivity index (χ0) is 16.8. The minimum atomic E-state index is -0.271. The monoisotopic (exact) mass is 328 g/mol. The molecule has 1 aliphatic rings. The summed E-state index contributed by atoms with van der Waals surface area (Å²) in [6, 6.07) is 7.13. The lowest BCUT2D eigenvalue weighted by Crippen LogP contribution is -2.36. The summed E-state index contributed by atoms with van der Waals surface area (Å²) in [6.07, 6.45) is 3.25. The van der Waals surface area contributed by atoms with Gasteiger partial charge in [-0.1, -0.05) is 0 Å². The maximum Gasteiger partial charge on any atom is 0.261 e. The number of aromatic nitrogens is 2. The molecule has 0 saturated carbocycles. The van der Waals surface area contributed by atoms with Gasteiger partial charge in [0.25, 0.3) is 5.91 Å². The normalized spacial score (nSPS) is 14.3. The third kappa shape index (κ3) is 3.80. The van der Waals surface area contributed by atoms with Crippen LogP contribution in [-0.4, -0.2) is 48.8 Å². The van der Waals surface area contributed by atoms with Crippen molar-refractivity contribution in [1.82, 2.24) is 9.97 Å².